The third-order valence-electron chi connectivity index (χ3n) is 3.50. The molecule has 0 saturated carbocycles. The minimum absolute atomic E-state index is 0.0972. The second kappa shape index (κ2) is 9.10. The molecule has 1 rings (SSSR count). The number of benzene rings is 1. The van der Waals surface area contributed by atoms with E-state index in [1.165, 1.54) is 0 Å². The second-order valence-electron chi connectivity index (χ2n) is 5.81. The highest BCUT2D eigenvalue weighted by Crippen LogP contribution is 2.07. The fourth-order valence-corrected chi connectivity index (χ4v) is 2.31. The zero-order chi connectivity index (χ0) is 17.4. The van der Waals surface area contributed by atoms with Crippen LogP contribution in [0.3, 0.4) is 0 Å². The molecule has 0 heterocycles. The normalized spacial score (nSPS) is 10.5. The minimum atomic E-state index is -0.0986. The SMILES string of the molecule is C=C(C)CN(CC)C(=O)CN(C)Cc1ccc(C(=O)NC)cc1. The lowest BCUT2D eigenvalue weighted by atomic mass is 10.1. The molecular formula is C18H27N3O2. The molecule has 0 aliphatic carbocycles. The summed E-state index contributed by atoms with van der Waals surface area (Å²) in [4.78, 5) is 27.6. The van der Waals surface area contributed by atoms with Crippen molar-refractivity contribution in [1.29, 1.82) is 0 Å². The fraction of sp³-hybridized carbons (Fsp3) is 0.444. The number of nitrogens with one attached hydrogen (secondary N) is 1. The maximum absolute atomic E-state index is 12.3. The molecule has 0 spiro atoms. The van der Waals surface area contributed by atoms with Crippen LogP contribution >= 0.6 is 0 Å². The van der Waals surface area contributed by atoms with Crippen molar-refractivity contribution >= 4 is 11.8 Å². The Hall–Kier alpha value is -2.14. The molecule has 126 valence electrons. The van der Waals surface area contributed by atoms with Crippen LogP contribution in [0.2, 0.25) is 0 Å². The lowest BCUT2D eigenvalue weighted by Gasteiger charge is -2.24. The highest BCUT2D eigenvalue weighted by atomic mass is 16.2. The molecule has 5 heteroatoms. The first-order chi connectivity index (χ1) is 10.9. The third kappa shape index (κ3) is 6.24. The van der Waals surface area contributed by atoms with Gasteiger partial charge in [-0.1, -0.05) is 24.3 Å². The first kappa shape index (κ1) is 18.9. The number of likely N-dealkylation sites (N-methyl/N-ethyl adjacent to an activating group) is 2. The van der Waals surface area contributed by atoms with Gasteiger partial charge in [0.15, 0.2) is 0 Å². The van der Waals surface area contributed by atoms with Crippen LogP contribution in [0.1, 0.15) is 29.8 Å². The van der Waals surface area contributed by atoms with E-state index in [2.05, 4.69) is 11.9 Å². The van der Waals surface area contributed by atoms with Gasteiger partial charge in [0.1, 0.15) is 0 Å². The number of hydrogen-bond donors (Lipinski definition) is 1. The summed E-state index contributed by atoms with van der Waals surface area (Å²) in [5.41, 5.74) is 2.68. The van der Waals surface area contributed by atoms with Gasteiger partial charge in [0.05, 0.1) is 6.54 Å². The van der Waals surface area contributed by atoms with Crippen molar-refractivity contribution in [2.24, 2.45) is 0 Å². The summed E-state index contributed by atoms with van der Waals surface area (Å²) in [6.45, 7) is 10.1. The van der Waals surface area contributed by atoms with Crippen LogP contribution < -0.4 is 5.32 Å². The average molecular weight is 317 g/mol. The van der Waals surface area contributed by atoms with E-state index in [4.69, 9.17) is 0 Å². The summed E-state index contributed by atoms with van der Waals surface area (Å²) >= 11 is 0. The fourth-order valence-electron chi connectivity index (χ4n) is 2.31. The molecular weight excluding hydrogens is 290 g/mol. The molecule has 23 heavy (non-hydrogen) atoms. The summed E-state index contributed by atoms with van der Waals surface area (Å²) in [7, 11) is 3.53. The quantitative estimate of drug-likeness (QED) is 0.745. The van der Waals surface area contributed by atoms with Crippen LogP contribution in [-0.4, -0.2) is 55.3 Å². The first-order valence-corrected chi connectivity index (χ1v) is 7.79. The van der Waals surface area contributed by atoms with Crippen molar-refractivity contribution in [3.8, 4) is 0 Å². The van der Waals surface area contributed by atoms with Crippen LogP contribution in [0.5, 0.6) is 0 Å². The van der Waals surface area contributed by atoms with Gasteiger partial charge in [-0.3, -0.25) is 14.5 Å². The number of nitrogens with zero attached hydrogens (tertiary/aromatic N) is 2. The standard InChI is InChI=1S/C18H27N3O2/c1-6-21(11-14(2)3)17(22)13-20(5)12-15-7-9-16(10-8-15)18(23)19-4/h7-10H,2,6,11-13H2,1,3-5H3,(H,19,23). The molecule has 0 unspecified atom stereocenters. The van der Waals surface area contributed by atoms with Gasteiger partial charge in [-0.15, -0.1) is 0 Å². The Morgan fingerprint density at radius 1 is 1.17 bits per heavy atom. The Kier molecular flexibility index (Phi) is 7.48. The molecule has 1 aromatic carbocycles. The Morgan fingerprint density at radius 2 is 1.78 bits per heavy atom. The van der Waals surface area contributed by atoms with Gasteiger partial charge in [-0.05, 0) is 38.6 Å². The van der Waals surface area contributed by atoms with Crippen molar-refractivity contribution in [2.75, 3.05) is 33.7 Å². The Labute approximate surface area is 139 Å². The lowest BCUT2D eigenvalue weighted by Crippen LogP contribution is -2.39. The number of hydrogen-bond acceptors (Lipinski definition) is 3. The molecule has 1 N–H and O–H groups in total. The number of amides is 2. The predicted molar refractivity (Wildman–Crippen MR) is 93.2 cm³/mol. The Balaban J connectivity index is 2.58. The average Bonchev–Trinajstić information content (AvgIpc) is 2.52. The van der Waals surface area contributed by atoms with Gasteiger partial charge in [-0.25, -0.2) is 0 Å². The monoisotopic (exact) mass is 317 g/mol. The topological polar surface area (TPSA) is 52.7 Å². The third-order valence-corrected chi connectivity index (χ3v) is 3.50. The molecule has 0 fully saturated rings. The predicted octanol–water partition coefficient (Wildman–Crippen LogP) is 1.90. The number of carbonyl (C=O) groups is 2. The number of carbonyl (C=O) groups excluding carboxylic acids is 2. The van der Waals surface area contributed by atoms with Gasteiger partial charge >= 0.3 is 0 Å². The van der Waals surface area contributed by atoms with E-state index < -0.39 is 0 Å². The van der Waals surface area contributed by atoms with Gasteiger partial charge in [0, 0.05) is 32.2 Å². The Morgan fingerprint density at radius 3 is 2.26 bits per heavy atom. The first-order valence-electron chi connectivity index (χ1n) is 7.79. The highest BCUT2D eigenvalue weighted by molar-refractivity contribution is 5.93. The Bertz CT molecular complexity index is 552. The van der Waals surface area contributed by atoms with Gasteiger partial charge in [0.25, 0.3) is 5.91 Å². The van der Waals surface area contributed by atoms with Crippen molar-refractivity contribution in [3.63, 3.8) is 0 Å². The van der Waals surface area contributed by atoms with Crippen LogP contribution in [0, 0.1) is 0 Å². The van der Waals surface area contributed by atoms with Crippen LogP contribution in [-0.2, 0) is 11.3 Å². The van der Waals surface area contributed by atoms with Crippen molar-refractivity contribution in [1.82, 2.24) is 15.1 Å². The van der Waals surface area contributed by atoms with Crippen molar-refractivity contribution in [2.45, 2.75) is 20.4 Å². The van der Waals surface area contributed by atoms with Gasteiger partial charge < -0.3 is 10.2 Å². The van der Waals surface area contributed by atoms with Crippen LogP contribution in [0.25, 0.3) is 0 Å². The lowest BCUT2D eigenvalue weighted by molar-refractivity contribution is -0.131. The molecule has 0 bridgehead atoms. The molecule has 0 atom stereocenters. The van der Waals surface area contributed by atoms with E-state index >= 15 is 0 Å². The maximum atomic E-state index is 12.3. The summed E-state index contributed by atoms with van der Waals surface area (Å²) in [6.07, 6.45) is 0. The van der Waals surface area contributed by atoms with Crippen molar-refractivity contribution in [3.05, 3.63) is 47.5 Å². The smallest absolute Gasteiger partial charge is 0.251 e. The van der Waals surface area contributed by atoms with Crippen LogP contribution in [0.4, 0.5) is 0 Å². The summed E-state index contributed by atoms with van der Waals surface area (Å²) in [5.74, 6) is -0.00144. The van der Waals surface area contributed by atoms with Gasteiger partial charge in [0.2, 0.25) is 5.91 Å². The minimum Gasteiger partial charge on any atom is -0.355 e. The second-order valence-corrected chi connectivity index (χ2v) is 5.81. The molecule has 0 aliphatic rings. The van der Waals surface area contributed by atoms with Crippen LogP contribution in [0.15, 0.2) is 36.4 Å². The van der Waals surface area contributed by atoms with E-state index in [1.54, 1.807) is 24.1 Å². The molecule has 0 radical (unpaired) electrons. The van der Waals surface area contributed by atoms with Crippen molar-refractivity contribution < 1.29 is 9.59 Å². The highest BCUT2D eigenvalue weighted by Gasteiger charge is 2.14. The molecule has 5 nitrogen and oxygen atoms in total. The molecule has 0 aliphatic heterocycles. The van der Waals surface area contributed by atoms with Gasteiger partial charge in [-0.2, -0.15) is 0 Å². The van der Waals surface area contributed by atoms with E-state index in [0.717, 1.165) is 11.1 Å². The molecule has 2 amide bonds. The molecule has 0 saturated heterocycles. The van der Waals surface area contributed by atoms with E-state index in [0.29, 0.717) is 31.7 Å². The van der Waals surface area contributed by atoms with E-state index in [1.807, 2.05) is 37.9 Å². The molecule has 1 aromatic rings. The zero-order valence-electron chi connectivity index (χ0n) is 14.6. The maximum Gasteiger partial charge on any atom is 0.251 e. The summed E-state index contributed by atoms with van der Waals surface area (Å²) in [5, 5.41) is 2.60. The number of rotatable bonds is 8. The van der Waals surface area contributed by atoms with E-state index in [-0.39, 0.29) is 11.8 Å². The largest absolute Gasteiger partial charge is 0.355 e. The van der Waals surface area contributed by atoms with E-state index in [9.17, 15) is 9.59 Å². The summed E-state index contributed by atoms with van der Waals surface area (Å²) in [6, 6.07) is 7.42. The summed E-state index contributed by atoms with van der Waals surface area (Å²) < 4.78 is 0. The zero-order valence-corrected chi connectivity index (χ0v) is 14.6. The molecule has 0 aromatic heterocycles.